The second-order valence-electron chi connectivity index (χ2n) is 4.25. The Kier molecular flexibility index (Phi) is 3.78. The fourth-order valence-corrected chi connectivity index (χ4v) is 1.62. The SMILES string of the molecule is Cc1c(I)cccc1NCC(C)(C)N. The van der Waals surface area contributed by atoms with E-state index in [0.29, 0.717) is 0 Å². The summed E-state index contributed by atoms with van der Waals surface area (Å²) in [6.45, 7) is 6.94. The lowest BCUT2D eigenvalue weighted by molar-refractivity contribution is 0.549. The van der Waals surface area contributed by atoms with Gasteiger partial charge in [0.05, 0.1) is 0 Å². The van der Waals surface area contributed by atoms with Crippen LogP contribution in [0.4, 0.5) is 5.69 Å². The summed E-state index contributed by atoms with van der Waals surface area (Å²) in [4.78, 5) is 0. The lowest BCUT2D eigenvalue weighted by Crippen LogP contribution is -2.39. The minimum absolute atomic E-state index is 0.173. The highest BCUT2D eigenvalue weighted by atomic mass is 127. The number of rotatable bonds is 3. The summed E-state index contributed by atoms with van der Waals surface area (Å²) in [6, 6.07) is 6.25. The summed E-state index contributed by atoms with van der Waals surface area (Å²) in [6.07, 6.45) is 0. The van der Waals surface area contributed by atoms with Crippen molar-refractivity contribution in [3.8, 4) is 0 Å². The molecule has 0 aliphatic rings. The molecule has 3 N–H and O–H groups in total. The molecule has 1 aromatic carbocycles. The quantitative estimate of drug-likeness (QED) is 0.843. The van der Waals surface area contributed by atoms with E-state index < -0.39 is 0 Å². The Labute approximate surface area is 99.4 Å². The first-order valence-electron chi connectivity index (χ1n) is 4.68. The molecule has 0 heterocycles. The molecule has 0 saturated heterocycles. The highest BCUT2D eigenvalue weighted by Gasteiger charge is 2.10. The van der Waals surface area contributed by atoms with E-state index in [2.05, 4.69) is 53.0 Å². The van der Waals surface area contributed by atoms with E-state index in [9.17, 15) is 0 Å². The van der Waals surface area contributed by atoms with Gasteiger partial charge in [0.25, 0.3) is 0 Å². The van der Waals surface area contributed by atoms with Crippen molar-refractivity contribution in [1.82, 2.24) is 0 Å². The third-order valence-corrected chi connectivity index (χ3v) is 3.17. The van der Waals surface area contributed by atoms with E-state index in [0.717, 1.165) is 6.54 Å². The number of nitrogens with two attached hydrogens (primary N) is 1. The van der Waals surface area contributed by atoms with Crippen LogP contribution >= 0.6 is 22.6 Å². The maximum Gasteiger partial charge on any atom is 0.0381 e. The molecule has 0 unspecified atom stereocenters. The van der Waals surface area contributed by atoms with Crippen LogP contribution in [0, 0.1) is 10.5 Å². The molecule has 0 amide bonds. The van der Waals surface area contributed by atoms with Crippen molar-refractivity contribution in [2.24, 2.45) is 5.73 Å². The van der Waals surface area contributed by atoms with Crippen LogP contribution in [0.3, 0.4) is 0 Å². The Morgan fingerprint density at radius 2 is 2.07 bits per heavy atom. The second kappa shape index (κ2) is 4.49. The molecule has 2 nitrogen and oxygen atoms in total. The van der Waals surface area contributed by atoms with Crippen molar-refractivity contribution < 1.29 is 0 Å². The van der Waals surface area contributed by atoms with Crippen LogP contribution in [0.25, 0.3) is 0 Å². The van der Waals surface area contributed by atoms with Gasteiger partial charge in [-0.25, -0.2) is 0 Å². The zero-order valence-electron chi connectivity index (χ0n) is 8.89. The first-order valence-corrected chi connectivity index (χ1v) is 5.76. The van der Waals surface area contributed by atoms with Crippen molar-refractivity contribution in [2.45, 2.75) is 26.3 Å². The van der Waals surface area contributed by atoms with E-state index in [-0.39, 0.29) is 5.54 Å². The number of benzene rings is 1. The minimum atomic E-state index is -0.173. The number of nitrogens with one attached hydrogen (secondary N) is 1. The van der Waals surface area contributed by atoms with Crippen molar-refractivity contribution >= 4 is 28.3 Å². The molecule has 0 bridgehead atoms. The lowest BCUT2D eigenvalue weighted by atomic mass is 10.1. The smallest absolute Gasteiger partial charge is 0.0381 e. The molecular weight excluding hydrogens is 287 g/mol. The molecule has 0 atom stereocenters. The molecule has 0 aliphatic heterocycles. The molecule has 0 radical (unpaired) electrons. The standard InChI is InChI=1S/C11H17IN2/c1-8-9(12)5-4-6-10(8)14-7-11(2,3)13/h4-6,14H,7,13H2,1-3H3. The van der Waals surface area contributed by atoms with Gasteiger partial charge >= 0.3 is 0 Å². The highest BCUT2D eigenvalue weighted by Crippen LogP contribution is 2.20. The molecule has 78 valence electrons. The van der Waals surface area contributed by atoms with Crippen LogP contribution in [0.15, 0.2) is 18.2 Å². The van der Waals surface area contributed by atoms with Crippen LogP contribution in [0.5, 0.6) is 0 Å². The Hall–Kier alpha value is -0.290. The van der Waals surface area contributed by atoms with E-state index in [1.54, 1.807) is 0 Å². The zero-order valence-corrected chi connectivity index (χ0v) is 11.1. The number of halogens is 1. The number of hydrogen-bond acceptors (Lipinski definition) is 2. The summed E-state index contributed by atoms with van der Waals surface area (Å²) < 4.78 is 1.28. The number of anilines is 1. The third kappa shape index (κ3) is 3.46. The summed E-state index contributed by atoms with van der Waals surface area (Å²) in [5.41, 5.74) is 8.20. The van der Waals surface area contributed by atoms with Gasteiger partial charge in [0, 0.05) is 21.3 Å². The van der Waals surface area contributed by atoms with Gasteiger partial charge in [0.1, 0.15) is 0 Å². The molecule has 0 fully saturated rings. The molecular formula is C11H17IN2. The predicted molar refractivity (Wildman–Crippen MR) is 70.7 cm³/mol. The molecule has 0 aromatic heterocycles. The maximum atomic E-state index is 5.91. The fourth-order valence-electron chi connectivity index (χ4n) is 1.12. The third-order valence-electron chi connectivity index (χ3n) is 2.00. The van der Waals surface area contributed by atoms with Crippen LogP contribution in [-0.2, 0) is 0 Å². The Morgan fingerprint density at radius 3 is 2.64 bits per heavy atom. The van der Waals surface area contributed by atoms with E-state index >= 15 is 0 Å². The Balaban J connectivity index is 2.73. The highest BCUT2D eigenvalue weighted by molar-refractivity contribution is 14.1. The van der Waals surface area contributed by atoms with Crippen molar-refractivity contribution in [3.63, 3.8) is 0 Å². The second-order valence-corrected chi connectivity index (χ2v) is 5.42. The van der Waals surface area contributed by atoms with Crippen LogP contribution < -0.4 is 11.1 Å². The average molecular weight is 304 g/mol. The van der Waals surface area contributed by atoms with Crippen LogP contribution in [0.2, 0.25) is 0 Å². The number of hydrogen-bond donors (Lipinski definition) is 2. The molecule has 1 aromatic rings. The van der Waals surface area contributed by atoms with Gasteiger partial charge in [0.2, 0.25) is 0 Å². The summed E-state index contributed by atoms with van der Waals surface area (Å²) in [5.74, 6) is 0. The van der Waals surface area contributed by atoms with Gasteiger partial charge in [-0.2, -0.15) is 0 Å². The maximum absolute atomic E-state index is 5.91. The Morgan fingerprint density at radius 1 is 1.43 bits per heavy atom. The molecule has 0 saturated carbocycles. The minimum Gasteiger partial charge on any atom is -0.383 e. The molecule has 1 rings (SSSR count). The van der Waals surface area contributed by atoms with Gasteiger partial charge in [-0.15, -0.1) is 0 Å². The summed E-state index contributed by atoms with van der Waals surface area (Å²) in [5, 5.41) is 3.36. The van der Waals surface area contributed by atoms with Crippen LogP contribution in [0.1, 0.15) is 19.4 Å². The van der Waals surface area contributed by atoms with Crippen LogP contribution in [-0.4, -0.2) is 12.1 Å². The molecule has 14 heavy (non-hydrogen) atoms. The van der Waals surface area contributed by atoms with Gasteiger partial charge in [-0.1, -0.05) is 6.07 Å². The first-order chi connectivity index (χ1) is 6.40. The van der Waals surface area contributed by atoms with Gasteiger partial charge in [-0.05, 0) is 61.1 Å². The first kappa shape index (κ1) is 11.8. The Bertz CT molecular complexity index is 316. The zero-order chi connectivity index (χ0) is 10.8. The largest absolute Gasteiger partial charge is 0.383 e. The molecule has 0 spiro atoms. The molecule has 0 aliphatic carbocycles. The lowest BCUT2D eigenvalue weighted by Gasteiger charge is -2.21. The summed E-state index contributed by atoms with van der Waals surface area (Å²) >= 11 is 2.34. The average Bonchev–Trinajstić information content (AvgIpc) is 2.06. The van der Waals surface area contributed by atoms with Gasteiger partial charge in [-0.3, -0.25) is 0 Å². The van der Waals surface area contributed by atoms with E-state index in [4.69, 9.17) is 5.73 Å². The van der Waals surface area contributed by atoms with E-state index in [1.807, 2.05) is 13.8 Å². The predicted octanol–water partition coefficient (Wildman–Crippen LogP) is 2.75. The van der Waals surface area contributed by atoms with Crippen molar-refractivity contribution in [1.29, 1.82) is 0 Å². The summed E-state index contributed by atoms with van der Waals surface area (Å²) in [7, 11) is 0. The monoisotopic (exact) mass is 304 g/mol. The molecule has 3 heteroatoms. The van der Waals surface area contributed by atoms with Crippen molar-refractivity contribution in [2.75, 3.05) is 11.9 Å². The van der Waals surface area contributed by atoms with Crippen molar-refractivity contribution in [3.05, 3.63) is 27.3 Å². The van der Waals surface area contributed by atoms with Gasteiger partial charge < -0.3 is 11.1 Å². The van der Waals surface area contributed by atoms with Gasteiger partial charge in [0.15, 0.2) is 0 Å². The topological polar surface area (TPSA) is 38.0 Å². The fraction of sp³-hybridized carbons (Fsp3) is 0.455. The van der Waals surface area contributed by atoms with E-state index in [1.165, 1.54) is 14.8 Å². The normalized spacial score (nSPS) is 11.5.